The average molecular weight is 1810 g/mol. The van der Waals surface area contributed by atoms with E-state index in [9.17, 15) is 0 Å². The maximum absolute atomic E-state index is 5.81. The standard InChI is InChI=1S/C104H171B3N12S6/c1-25-44-94(5,6)45-26-28-51-104(103(23,24)79-101(19,20)56-55-99(15,16)59-65-119-77-89(112-116-119)70-83(3)109-61-67-121-81-123-92-40-34-86(73-106)35-41-92,102(21,22)78-100(17,18)50-31-49-98(13,14)58-64-118-75-88(111-114-118)69-82(2)108-60-66-120-80-122-91-38-32-85(72-105)33-39-91)52-29-27-46-95(7,8)53-54-96(9,10)47-30-48-97(11,12)57-63-117-76-90(113-115-117)71-84(4)110-62-68-124-125-93-42-36-87(74-107)37-43-93/h32-43,75-77,108-110H,2-4,25-31,44-74,78-81H2,1,5-24H3. The predicted octanol–water partition coefficient (Wildman–Crippen LogP) is 28.2. The van der Waals surface area contributed by atoms with E-state index >= 15 is 0 Å². The highest BCUT2D eigenvalue weighted by atomic mass is 33.1. The molecule has 21 heteroatoms. The van der Waals surface area contributed by atoms with E-state index in [1.165, 1.54) is 167 Å². The second-order valence-corrected chi connectivity index (χ2v) is 52.0. The summed E-state index contributed by atoms with van der Waals surface area (Å²) in [5.41, 5.74) is 11.3. The topological polar surface area (TPSA) is 128 Å². The summed E-state index contributed by atoms with van der Waals surface area (Å²) in [4.78, 5) is 3.82. The summed E-state index contributed by atoms with van der Waals surface area (Å²) in [5, 5.41) is 40.3. The van der Waals surface area contributed by atoms with Crippen molar-refractivity contribution in [1.29, 1.82) is 0 Å². The molecule has 0 spiro atoms. The molecule has 0 aliphatic heterocycles. The van der Waals surface area contributed by atoms with Gasteiger partial charge in [-0.15, -0.1) is 62.3 Å². The fraction of sp³-hybridized carbons (Fsp3) is 0.712. The molecular weight excluding hydrogens is 1640 g/mol. The molecule has 12 nitrogen and oxygen atoms in total. The normalized spacial score (nSPS) is 13.5. The van der Waals surface area contributed by atoms with Crippen molar-refractivity contribution in [2.75, 3.05) is 47.1 Å². The fourth-order valence-corrected chi connectivity index (χ4v) is 25.1. The lowest BCUT2D eigenvalue weighted by Crippen LogP contribution is -2.52. The van der Waals surface area contributed by atoms with Crippen LogP contribution < -0.4 is 16.0 Å². The maximum Gasteiger partial charge on any atom is 0.0885 e. The Balaban J connectivity index is 1.07. The van der Waals surface area contributed by atoms with Crippen LogP contribution in [0.3, 0.4) is 0 Å². The van der Waals surface area contributed by atoms with E-state index in [0.29, 0.717) is 43.6 Å². The average Bonchev–Trinajstić information content (AvgIpc) is 1.18. The molecule has 0 bridgehead atoms. The molecule has 0 saturated carbocycles. The van der Waals surface area contributed by atoms with Gasteiger partial charge in [0.15, 0.2) is 0 Å². The molecule has 3 heterocycles. The van der Waals surface area contributed by atoms with Crippen molar-refractivity contribution in [3.63, 3.8) is 0 Å². The minimum absolute atomic E-state index is 0.0665. The number of hydrogen-bond acceptors (Lipinski definition) is 15. The molecule has 6 rings (SSSR count). The Bertz CT molecular complexity index is 4040. The van der Waals surface area contributed by atoms with Crippen LogP contribution in [0.1, 0.15) is 340 Å². The van der Waals surface area contributed by atoms with Gasteiger partial charge in [-0.05, 0) is 212 Å². The van der Waals surface area contributed by atoms with Gasteiger partial charge in [0.05, 0.1) is 40.6 Å². The molecule has 3 aromatic heterocycles. The number of allylic oxidation sites excluding steroid dienone is 3. The summed E-state index contributed by atoms with van der Waals surface area (Å²) >= 11 is 7.63. The molecule has 0 aliphatic rings. The van der Waals surface area contributed by atoms with Crippen molar-refractivity contribution in [3.05, 3.63) is 162 Å². The van der Waals surface area contributed by atoms with Gasteiger partial charge < -0.3 is 16.0 Å². The quantitative estimate of drug-likeness (QED) is 0.0110. The Kier molecular flexibility index (Phi) is 46.6. The van der Waals surface area contributed by atoms with Crippen LogP contribution in [0, 0.1) is 59.6 Å². The largest absolute Gasteiger partial charge is 0.388 e. The van der Waals surface area contributed by atoms with Crippen LogP contribution in [0.15, 0.2) is 143 Å². The minimum Gasteiger partial charge on any atom is -0.388 e. The zero-order chi connectivity index (χ0) is 92.1. The van der Waals surface area contributed by atoms with Gasteiger partial charge in [0, 0.05) is 136 Å². The molecule has 0 aliphatic carbocycles. The summed E-state index contributed by atoms with van der Waals surface area (Å²) in [6.45, 7) is 72.4. The zero-order valence-electron chi connectivity index (χ0n) is 82.7. The molecule has 0 amide bonds. The number of nitrogens with zero attached hydrogens (tertiary/aromatic N) is 9. The molecule has 1 unspecified atom stereocenters. The first kappa shape index (κ1) is 110. The summed E-state index contributed by atoms with van der Waals surface area (Å²) in [5.74, 6) is 3.01. The smallest absolute Gasteiger partial charge is 0.0885 e. The number of nitrogens with one attached hydrogen (secondary N) is 3. The molecule has 6 aromatic rings. The van der Waals surface area contributed by atoms with E-state index in [-0.39, 0.29) is 54.1 Å². The van der Waals surface area contributed by atoms with Gasteiger partial charge in [-0.1, -0.05) is 319 Å². The highest BCUT2D eigenvalue weighted by Crippen LogP contribution is 2.65. The van der Waals surface area contributed by atoms with Crippen molar-refractivity contribution in [3.8, 4) is 0 Å². The van der Waals surface area contributed by atoms with Crippen LogP contribution in [-0.2, 0) is 57.9 Å². The van der Waals surface area contributed by atoms with Gasteiger partial charge in [0.1, 0.15) is 0 Å². The van der Waals surface area contributed by atoms with Crippen molar-refractivity contribution in [1.82, 2.24) is 60.9 Å². The van der Waals surface area contributed by atoms with E-state index in [4.69, 9.17) is 23.5 Å². The van der Waals surface area contributed by atoms with Gasteiger partial charge in [0.2, 0.25) is 0 Å². The van der Waals surface area contributed by atoms with Gasteiger partial charge in [-0.2, -0.15) is 0 Å². The molecule has 125 heavy (non-hydrogen) atoms. The van der Waals surface area contributed by atoms with Crippen molar-refractivity contribution in [2.24, 2.45) is 59.6 Å². The second kappa shape index (κ2) is 53.0. The third-order valence-electron chi connectivity index (χ3n) is 27.2. The highest BCUT2D eigenvalue weighted by Gasteiger charge is 2.56. The van der Waals surface area contributed by atoms with Crippen LogP contribution in [0.25, 0.3) is 0 Å². The Morgan fingerprint density at radius 2 is 0.632 bits per heavy atom. The first-order valence-corrected chi connectivity index (χ1v) is 54.4. The molecule has 1 atom stereocenters. The summed E-state index contributed by atoms with van der Waals surface area (Å²) in [6.07, 6.45) is 40.8. The Morgan fingerprint density at radius 1 is 0.344 bits per heavy atom. The van der Waals surface area contributed by atoms with E-state index in [0.717, 1.165) is 126 Å². The molecule has 6 radical (unpaired) electrons. The van der Waals surface area contributed by atoms with E-state index in [1.54, 1.807) is 10.8 Å². The third kappa shape index (κ3) is 43.1. The second-order valence-electron chi connectivity index (χ2n) is 44.5. The van der Waals surface area contributed by atoms with Gasteiger partial charge in [-0.3, -0.25) is 14.0 Å². The fourth-order valence-electron chi connectivity index (χ4n) is 19.4. The number of benzene rings is 3. The maximum atomic E-state index is 5.81. The number of aryl methyl sites for hydroxylation is 3. The van der Waals surface area contributed by atoms with Crippen LogP contribution in [0.2, 0.25) is 0 Å². The summed E-state index contributed by atoms with van der Waals surface area (Å²) in [7, 11) is 21.0. The van der Waals surface area contributed by atoms with E-state index < -0.39 is 0 Å². The molecule has 3 N–H and O–H groups in total. The number of unbranched alkanes of at least 4 members (excludes halogenated alkanes) is 2. The van der Waals surface area contributed by atoms with E-state index in [2.05, 4.69) is 313 Å². The third-order valence-corrected chi connectivity index (χ3v) is 34.0. The van der Waals surface area contributed by atoms with Crippen LogP contribution >= 0.6 is 68.6 Å². The zero-order valence-corrected chi connectivity index (χ0v) is 87.6. The van der Waals surface area contributed by atoms with Gasteiger partial charge in [0.25, 0.3) is 0 Å². The molecule has 3 aromatic carbocycles. The minimum atomic E-state index is 0.0665. The monoisotopic (exact) mass is 1810 g/mol. The summed E-state index contributed by atoms with van der Waals surface area (Å²) in [6, 6.07) is 25.7. The SMILES string of the molecule is [B]Cc1ccc(SCSCCNC(=C)Cc2cn(CCC(C)(C)CCCC(C)(C)CC(C)(C)C(CCCCC(C)(C)CCC)(CCCCC(C)(C)CCC(C)(C)CCCC(C)(C)CCn3cc(CC(=C)NCCSSc4ccc(C[B])cc4)nn3)C(C)(C)CC(C)(C)CCC(C)(C)CCn3cc(CC(=C)NCCSCSc4ccc(C[B])cc4)nn3)nn2)cc1. The Hall–Kier alpha value is -4.01. The Morgan fingerprint density at radius 3 is 0.984 bits per heavy atom. The lowest BCUT2D eigenvalue weighted by molar-refractivity contribution is -0.110. The number of hydrogen-bond donors (Lipinski definition) is 3. The molecule has 0 saturated heterocycles. The lowest BCUT2D eigenvalue weighted by atomic mass is 9.44. The van der Waals surface area contributed by atoms with E-state index in [1.807, 2.05) is 62.5 Å². The van der Waals surface area contributed by atoms with Crippen LogP contribution in [0.5, 0.6) is 0 Å². The first-order chi connectivity index (χ1) is 58.8. The van der Waals surface area contributed by atoms with Gasteiger partial charge >= 0.3 is 0 Å². The van der Waals surface area contributed by atoms with Crippen LogP contribution in [-0.4, -0.2) is 116 Å². The van der Waals surface area contributed by atoms with Crippen molar-refractivity contribution >= 4 is 92.2 Å². The Labute approximate surface area is 793 Å². The van der Waals surface area contributed by atoms with Crippen LogP contribution in [0.4, 0.5) is 0 Å². The van der Waals surface area contributed by atoms with Gasteiger partial charge in [-0.25, -0.2) is 0 Å². The number of rotatable bonds is 70. The molecule has 692 valence electrons. The number of aromatic nitrogens is 9. The number of thioether (sulfide) groups is 4. The lowest BCUT2D eigenvalue weighted by Gasteiger charge is -2.60. The van der Waals surface area contributed by atoms with Crippen molar-refractivity contribution in [2.45, 2.75) is 378 Å². The predicted molar refractivity (Wildman–Crippen MR) is 556 cm³/mol. The van der Waals surface area contributed by atoms with Crippen molar-refractivity contribution < 1.29 is 0 Å². The molecular formula is C104H171B3N12S6. The molecule has 0 fully saturated rings. The summed E-state index contributed by atoms with van der Waals surface area (Å²) < 4.78 is 6.19. The highest BCUT2D eigenvalue weighted by molar-refractivity contribution is 8.76. The first-order valence-electron chi connectivity index (χ1n) is 47.8.